The largest absolute Gasteiger partial charge is 0.481 e. The molecule has 0 heterocycles. The molecule has 0 fully saturated rings. The van der Waals surface area contributed by atoms with Gasteiger partial charge in [0.1, 0.15) is 0 Å². The van der Waals surface area contributed by atoms with Crippen molar-refractivity contribution >= 4 is 35.1 Å². The lowest BCUT2D eigenvalue weighted by Gasteiger charge is -2.34. The maximum Gasteiger partial charge on any atom is 0.303 e. The zero-order valence-corrected chi connectivity index (χ0v) is 22.1. The quantitative estimate of drug-likeness (QED) is 0.178. The number of hydrogen-bond acceptors (Lipinski definition) is 4. The molecule has 0 unspecified atom stereocenters. The third-order valence-electron chi connectivity index (χ3n) is 7.29. The molecule has 0 aliphatic heterocycles. The van der Waals surface area contributed by atoms with Crippen LogP contribution in [-0.4, -0.2) is 34.0 Å². The second-order valence-corrected chi connectivity index (χ2v) is 9.88. The lowest BCUT2D eigenvalue weighted by atomic mass is 9.67. The van der Waals surface area contributed by atoms with Crippen LogP contribution < -0.4 is 10.6 Å². The molecular weight excluding hydrogens is 520 g/mol. The highest BCUT2D eigenvalue weighted by molar-refractivity contribution is 5.93. The minimum atomic E-state index is -1.03. The van der Waals surface area contributed by atoms with E-state index in [1.165, 1.54) is 0 Å². The van der Waals surface area contributed by atoms with Crippen LogP contribution in [0.2, 0.25) is 0 Å². The standard InChI is InChI=1S/C33H28N2O6/c36-29(17-19-31(38)39)34-23-13-9-21(10-14-23)33(22-11-15-24(16-12-22)35-30(37)18-20-32(40)41)27-7-3-1-5-25(27)26-6-2-4-8-28(26)33/h1-16H,17-20H2,(H,34,36)(H,35,37)(H,38,39)(H,40,41). The van der Waals surface area contributed by atoms with Crippen LogP contribution in [0.15, 0.2) is 97.1 Å². The number of carboxylic acid groups (broad SMARTS) is 2. The summed E-state index contributed by atoms with van der Waals surface area (Å²) in [6.45, 7) is 0. The number of rotatable bonds is 10. The van der Waals surface area contributed by atoms with Crippen LogP contribution in [0.4, 0.5) is 11.4 Å². The number of benzene rings is 4. The van der Waals surface area contributed by atoms with Gasteiger partial charge in [0.05, 0.1) is 18.3 Å². The van der Waals surface area contributed by atoms with Gasteiger partial charge in [0.2, 0.25) is 11.8 Å². The van der Waals surface area contributed by atoms with Crippen molar-refractivity contribution in [2.24, 2.45) is 0 Å². The number of fused-ring (bicyclic) bond motifs is 3. The number of carboxylic acids is 2. The van der Waals surface area contributed by atoms with Gasteiger partial charge in [-0.1, -0.05) is 72.8 Å². The molecule has 0 saturated heterocycles. The molecule has 0 atom stereocenters. The van der Waals surface area contributed by atoms with Crippen molar-refractivity contribution in [2.45, 2.75) is 31.1 Å². The molecule has 206 valence electrons. The summed E-state index contributed by atoms with van der Waals surface area (Å²) in [5, 5.41) is 23.3. The van der Waals surface area contributed by atoms with Gasteiger partial charge < -0.3 is 20.8 Å². The summed E-state index contributed by atoms with van der Waals surface area (Å²) in [4.78, 5) is 46.1. The van der Waals surface area contributed by atoms with E-state index in [-0.39, 0.29) is 37.5 Å². The first-order valence-corrected chi connectivity index (χ1v) is 13.2. The molecule has 4 aromatic rings. The van der Waals surface area contributed by atoms with Gasteiger partial charge in [0, 0.05) is 24.2 Å². The maximum atomic E-state index is 12.2. The van der Waals surface area contributed by atoms with E-state index < -0.39 is 17.4 Å². The number of hydrogen-bond donors (Lipinski definition) is 4. The molecule has 0 saturated carbocycles. The van der Waals surface area contributed by atoms with E-state index in [0.717, 1.165) is 33.4 Å². The van der Waals surface area contributed by atoms with E-state index in [0.29, 0.717) is 11.4 Å². The Morgan fingerprint density at radius 3 is 1.24 bits per heavy atom. The summed E-state index contributed by atoms with van der Waals surface area (Å²) in [7, 11) is 0. The molecule has 4 N–H and O–H groups in total. The molecule has 4 aromatic carbocycles. The van der Waals surface area contributed by atoms with Gasteiger partial charge in [-0.25, -0.2) is 0 Å². The van der Waals surface area contributed by atoms with Gasteiger partial charge in [0.25, 0.3) is 0 Å². The second kappa shape index (κ2) is 11.5. The topological polar surface area (TPSA) is 133 Å². The van der Waals surface area contributed by atoms with Gasteiger partial charge in [-0.05, 0) is 57.6 Å². The maximum absolute atomic E-state index is 12.2. The van der Waals surface area contributed by atoms with Crippen molar-refractivity contribution in [1.82, 2.24) is 0 Å². The first kappa shape index (κ1) is 27.3. The smallest absolute Gasteiger partial charge is 0.303 e. The Labute approximate surface area is 236 Å². The van der Waals surface area contributed by atoms with Gasteiger partial charge in [-0.3, -0.25) is 19.2 Å². The Hall–Kier alpha value is -5.24. The van der Waals surface area contributed by atoms with Crippen molar-refractivity contribution in [3.63, 3.8) is 0 Å². The minimum Gasteiger partial charge on any atom is -0.481 e. The molecule has 1 aliphatic rings. The third kappa shape index (κ3) is 5.45. The summed E-state index contributed by atoms with van der Waals surface area (Å²) < 4.78 is 0. The zero-order chi connectivity index (χ0) is 29.0. The molecule has 5 rings (SSSR count). The first-order chi connectivity index (χ1) is 19.8. The number of anilines is 2. The molecule has 8 heteroatoms. The van der Waals surface area contributed by atoms with Crippen molar-refractivity contribution in [3.05, 3.63) is 119 Å². The van der Waals surface area contributed by atoms with Gasteiger partial charge in [-0.15, -0.1) is 0 Å². The number of carbonyl (C=O) groups excluding carboxylic acids is 2. The van der Waals surface area contributed by atoms with Crippen molar-refractivity contribution in [3.8, 4) is 11.1 Å². The fourth-order valence-corrected chi connectivity index (χ4v) is 5.52. The Morgan fingerprint density at radius 2 is 0.878 bits per heavy atom. The monoisotopic (exact) mass is 548 g/mol. The Kier molecular flexibility index (Phi) is 7.65. The second-order valence-electron chi connectivity index (χ2n) is 9.88. The fraction of sp³-hybridized carbons (Fsp3) is 0.152. The van der Waals surface area contributed by atoms with Gasteiger partial charge >= 0.3 is 11.9 Å². The van der Waals surface area contributed by atoms with Crippen molar-refractivity contribution < 1.29 is 29.4 Å². The predicted octanol–water partition coefficient (Wildman–Crippen LogP) is 5.66. The highest BCUT2D eigenvalue weighted by Gasteiger charge is 2.45. The SMILES string of the molecule is O=C(O)CCC(=O)Nc1ccc(C2(c3ccc(NC(=O)CCC(=O)O)cc3)c3ccccc3-c3ccccc32)cc1. The van der Waals surface area contributed by atoms with E-state index in [4.69, 9.17) is 10.2 Å². The van der Waals surface area contributed by atoms with Crippen LogP contribution >= 0.6 is 0 Å². The number of aliphatic carboxylic acids is 2. The molecule has 0 spiro atoms. The molecule has 41 heavy (non-hydrogen) atoms. The highest BCUT2D eigenvalue weighted by Crippen LogP contribution is 2.56. The summed E-state index contributed by atoms with van der Waals surface area (Å²) in [5.74, 6) is -2.79. The third-order valence-corrected chi connectivity index (χ3v) is 7.29. The lowest BCUT2D eigenvalue weighted by molar-refractivity contribution is -0.138. The van der Waals surface area contributed by atoms with Crippen LogP contribution in [0.25, 0.3) is 11.1 Å². The average Bonchev–Trinajstić information content (AvgIpc) is 3.27. The molecule has 0 aromatic heterocycles. The number of carbonyl (C=O) groups is 4. The molecule has 2 amide bonds. The molecule has 0 bridgehead atoms. The first-order valence-electron chi connectivity index (χ1n) is 13.2. The molecule has 0 radical (unpaired) electrons. The van der Waals surface area contributed by atoms with Crippen LogP contribution in [-0.2, 0) is 24.6 Å². The summed E-state index contributed by atoms with van der Waals surface area (Å²) in [6.07, 6.45) is -0.699. The van der Waals surface area contributed by atoms with Crippen molar-refractivity contribution in [2.75, 3.05) is 10.6 Å². The van der Waals surface area contributed by atoms with E-state index in [1.807, 2.05) is 72.8 Å². The highest BCUT2D eigenvalue weighted by atomic mass is 16.4. The zero-order valence-electron chi connectivity index (χ0n) is 22.1. The van der Waals surface area contributed by atoms with E-state index in [1.54, 1.807) is 0 Å². The summed E-state index contributed by atoms with van der Waals surface area (Å²) in [5.41, 5.74) is 6.80. The van der Waals surface area contributed by atoms with Crippen LogP contribution in [0.1, 0.15) is 47.9 Å². The molecule has 1 aliphatic carbocycles. The number of nitrogens with one attached hydrogen (secondary N) is 2. The fourth-order valence-electron chi connectivity index (χ4n) is 5.52. The van der Waals surface area contributed by atoms with E-state index >= 15 is 0 Å². The summed E-state index contributed by atoms with van der Waals surface area (Å²) >= 11 is 0. The number of amides is 2. The Balaban J connectivity index is 1.55. The Morgan fingerprint density at radius 1 is 0.512 bits per heavy atom. The van der Waals surface area contributed by atoms with Crippen LogP contribution in [0, 0.1) is 0 Å². The normalized spacial score (nSPS) is 12.6. The van der Waals surface area contributed by atoms with E-state index in [9.17, 15) is 19.2 Å². The molecule has 8 nitrogen and oxygen atoms in total. The lowest BCUT2D eigenvalue weighted by Crippen LogP contribution is -2.28. The van der Waals surface area contributed by atoms with Crippen LogP contribution in [0.5, 0.6) is 0 Å². The van der Waals surface area contributed by atoms with Gasteiger partial charge in [0.15, 0.2) is 0 Å². The predicted molar refractivity (Wildman–Crippen MR) is 155 cm³/mol. The Bertz CT molecular complexity index is 1500. The minimum absolute atomic E-state index is 0.110. The van der Waals surface area contributed by atoms with Gasteiger partial charge in [-0.2, -0.15) is 0 Å². The molecular formula is C33H28N2O6. The average molecular weight is 549 g/mol. The summed E-state index contributed by atoms with van der Waals surface area (Å²) in [6, 6.07) is 31.6. The van der Waals surface area contributed by atoms with Crippen molar-refractivity contribution in [1.29, 1.82) is 0 Å². The van der Waals surface area contributed by atoms with E-state index in [2.05, 4.69) is 34.9 Å². The van der Waals surface area contributed by atoms with Crippen LogP contribution in [0.3, 0.4) is 0 Å².